The molecule has 2 aromatic carbocycles. The lowest BCUT2D eigenvalue weighted by Crippen LogP contribution is -2.16. The van der Waals surface area contributed by atoms with Crippen LogP contribution in [0.4, 0.5) is 5.69 Å². The molecule has 0 atom stereocenters. The first kappa shape index (κ1) is 22.4. The summed E-state index contributed by atoms with van der Waals surface area (Å²) in [5, 5.41) is 0. The molecule has 1 heterocycles. The van der Waals surface area contributed by atoms with E-state index in [9.17, 15) is 0 Å². The van der Waals surface area contributed by atoms with Gasteiger partial charge in [-0.1, -0.05) is 102 Å². The SMILES string of the molecule is CC(C)C1CCC1.CCC1=Nc2ccccc2C1.Cc1ccc(C(C)C)cc1. The Bertz CT molecular complexity index is 733. The third-order valence-electron chi connectivity index (χ3n) is 5.91. The molecule has 1 heteroatoms. The molecule has 1 fully saturated rings. The van der Waals surface area contributed by atoms with Crippen LogP contribution in [-0.4, -0.2) is 5.71 Å². The summed E-state index contributed by atoms with van der Waals surface area (Å²) in [6, 6.07) is 17.1. The summed E-state index contributed by atoms with van der Waals surface area (Å²) in [6.45, 7) is 13.3. The number of hydrogen-bond acceptors (Lipinski definition) is 1. The van der Waals surface area contributed by atoms with Gasteiger partial charge in [-0.25, -0.2) is 0 Å². The molecule has 4 rings (SSSR count). The van der Waals surface area contributed by atoms with E-state index >= 15 is 0 Å². The van der Waals surface area contributed by atoms with Crippen LogP contribution < -0.4 is 0 Å². The summed E-state index contributed by atoms with van der Waals surface area (Å²) in [6.07, 6.45) is 6.62. The second kappa shape index (κ2) is 11.2. The van der Waals surface area contributed by atoms with E-state index in [-0.39, 0.29) is 0 Å². The van der Waals surface area contributed by atoms with Gasteiger partial charge in [-0.2, -0.15) is 0 Å². The van der Waals surface area contributed by atoms with Gasteiger partial charge < -0.3 is 0 Å². The van der Waals surface area contributed by atoms with Gasteiger partial charge in [-0.3, -0.25) is 4.99 Å². The van der Waals surface area contributed by atoms with Gasteiger partial charge in [0.25, 0.3) is 0 Å². The molecule has 0 spiro atoms. The molecule has 0 unspecified atom stereocenters. The Morgan fingerprint density at radius 1 is 0.929 bits per heavy atom. The van der Waals surface area contributed by atoms with Crippen LogP contribution in [0.3, 0.4) is 0 Å². The van der Waals surface area contributed by atoms with Gasteiger partial charge >= 0.3 is 0 Å². The Morgan fingerprint density at radius 3 is 2.00 bits per heavy atom. The van der Waals surface area contributed by atoms with Gasteiger partial charge in [0.15, 0.2) is 0 Å². The zero-order valence-corrected chi connectivity index (χ0v) is 18.8. The molecule has 28 heavy (non-hydrogen) atoms. The van der Waals surface area contributed by atoms with Crippen molar-refractivity contribution in [2.24, 2.45) is 16.8 Å². The summed E-state index contributed by atoms with van der Waals surface area (Å²) < 4.78 is 0. The van der Waals surface area contributed by atoms with Crippen molar-refractivity contribution in [2.45, 2.75) is 79.6 Å². The fourth-order valence-electron chi connectivity index (χ4n) is 3.46. The minimum Gasteiger partial charge on any atom is -0.257 e. The van der Waals surface area contributed by atoms with E-state index in [1.54, 1.807) is 0 Å². The Kier molecular flexibility index (Phi) is 8.96. The molecule has 1 aliphatic heterocycles. The van der Waals surface area contributed by atoms with Gasteiger partial charge in [0.1, 0.15) is 0 Å². The minimum absolute atomic E-state index is 0.653. The maximum atomic E-state index is 4.49. The van der Waals surface area contributed by atoms with E-state index in [0.29, 0.717) is 5.92 Å². The Balaban J connectivity index is 0.000000154. The highest BCUT2D eigenvalue weighted by molar-refractivity contribution is 5.93. The standard InChI is InChI=1S/C10H11N.C10H14.C7H14/c1-2-9-7-8-5-3-4-6-10(8)11-9;1-8(2)10-6-4-9(3)5-7-10;1-6(2)7-4-3-5-7/h3-6H,2,7H2,1H3;4-8H,1-3H3;6-7H,3-5H2,1-2H3. The fourth-order valence-corrected chi connectivity index (χ4v) is 3.46. The van der Waals surface area contributed by atoms with Crippen LogP contribution in [0.15, 0.2) is 53.5 Å². The molecule has 2 aliphatic rings. The van der Waals surface area contributed by atoms with Crippen LogP contribution in [0.25, 0.3) is 0 Å². The van der Waals surface area contributed by atoms with Gasteiger partial charge in [0.2, 0.25) is 0 Å². The van der Waals surface area contributed by atoms with Gasteiger partial charge in [-0.15, -0.1) is 0 Å². The largest absolute Gasteiger partial charge is 0.257 e. The molecule has 0 amide bonds. The highest BCUT2D eigenvalue weighted by Gasteiger charge is 2.19. The molecule has 0 aromatic heterocycles. The van der Waals surface area contributed by atoms with Crippen molar-refractivity contribution >= 4 is 11.4 Å². The van der Waals surface area contributed by atoms with Crippen LogP contribution in [0.2, 0.25) is 0 Å². The molecule has 2 aromatic rings. The fraction of sp³-hybridized carbons (Fsp3) is 0.519. The normalized spacial score (nSPS) is 15.1. The first-order valence-corrected chi connectivity index (χ1v) is 11.1. The van der Waals surface area contributed by atoms with Crippen LogP contribution in [0.5, 0.6) is 0 Å². The number of rotatable bonds is 3. The van der Waals surface area contributed by atoms with Crippen molar-refractivity contribution in [3.63, 3.8) is 0 Å². The van der Waals surface area contributed by atoms with Crippen molar-refractivity contribution in [1.82, 2.24) is 0 Å². The lowest BCUT2D eigenvalue weighted by molar-refractivity contribution is 0.235. The number of hydrogen-bond donors (Lipinski definition) is 0. The van der Waals surface area contributed by atoms with Crippen LogP contribution in [0.1, 0.15) is 82.9 Å². The number of aliphatic imine (C=N–C) groups is 1. The number of para-hydroxylation sites is 1. The molecular weight excluding hydrogens is 338 g/mol. The summed E-state index contributed by atoms with van der Waals surface area (Å²) in [5.41, 5.74) is 6.62. The molecule has 0 saturated heterocycles. The lowest BCUT2D eigenvalue weighted by Gasteiger charge is -2.28. The van der Waals surface area contributed by atoms with Crippen LogP contribution in [0, 0.1) is 18.8 Å². The van der Waals surface area contributed by atoms with Crippen molar-refractivity contribution in [3.8, 4) is 0 Å². The van der Waals surface area contributed by atoms with E-state index in [1.165, 1.54) is 47.4 Å². The van der Waals surface area contributed by atoms with Gasteiger partial charge in [-0.05, 0) is 48.3 Å². The van der Waals surface area contributed by atoms with E-state index in [4.69, 9.17) is 0 Å². The van der Waals surface area contributed by atoms with Crippen LogP contribution in [-0.2, 0) is 6.42 Å². The first-order chi connectivity index (χ1) is 13.4. The lowest BCUT2D eigenvalue weighted by atomic mass is 9.78. The molecule has 152 valence electrons. The molecule has 0 radical (unpaired) electrons. The van der Waals surface area contributed by atoms with Crippen molar-refractivity contribution in [2.75, 3.05) is 0 Å². The monoisotopic (exact) mass is 377 g/mol. The number of nitrogens with zero attached hydrogens (tertiary/aromatic N) is 1. The van der Waals surface area contributed by atoms with Gasteiger partial charge in [0, 0.05) is 12.1 Å². The summed E-state index contributed by atoms with van der Waals surface area (Å²) in [4.78, 5) is 4.49. The summed E-state index contributed by atoms with van der Waals surface area (Å²) in [7, 11) is 0. The number of aryl methyl sites for hydroxylation is 1. The Morgan fingerprint density at radius 2 is 1.57 bits per heavy atom. The highest BCUT2D eigenvalue weighted by Crippen LogP contribution is 2.32. The topological polar surface area (TPSA) is 12.4 Å². The third kappa shape index (κ3) is 6.93. The molecule has 1 saturated carbocycles. The predicted octanol–water partition coefficient (Wildman–Crippen LogP) is 8.29. The molecule has 0 bridgehead atoms. The zero-order chi connectivity index (χ0) is 20.5. The number of fused-ring (bicyclic) bond motifs is 1. The van der Waals surface area contributed by atoms with Gasteiger partial charge in [0.05, 0.1) is 5.69 Å². The smallest absolute Gasteiger partial charge is 0.0664 e. The van der Waals surface area contributed by atoms with Crippen molar-refractivity contribution in [1.29, 1.82) is 0 Å². The van der Waals surface area contributed by atoms with Crippen molar-refractivity contribution < 1.29 is 0 Å². The Labute approximate surface area is 173 Å². The second-order valence-corrected chi connectivity index (χ2v) is 8.84. The average Bonchev–Trinajstić information content (AvgIpc) is 3.04. The highest BCUT2D eigenvalue weighted by atomic mass is 14.8. The molecular formula is C27H39N. The van der Waals surface area contributed by atoms with E-state index in [1.807, 2.05) is 6.07 Å². The van der Waals surface area contributed by atoms with Crippen LogP contribution >= 0.6 is 0 Å². The summed E-state index contributed by atoms with van der Waals surface area (Å²) >= 11 is 0. The third-order valence-corrected chi connectivity index (χ3v) is 5.91. The number of benzene rings is 2. The average molecular weight is 378 g/mol. The molecule has 0 N–H and O–H groups in total. The Hall–Kier alpha value is -1.89. The van der Waals surface area contributed by atoms with E-state index < -0.39 is 0 Å². The maximum Gasteiger partial charge on any atom is 0.0664 e. The summed E-state index contributed by atoms with van der Waals surface area (Å²) in [5.74, 6) is 2.69. The minimum atomic E-state index is 0.653. The molecule has 1 nitrogen and oxygen atoms in total. The second-order valence-electron chi connectivity index (χ2n) is 8.84. The quantitative estimate of drug-likeness (QED) is 0.510. The van der Waals surface area contributed by atoms with E-state index in [2.05, 4.69) is 89.0 Å². The zero-order valence-electron chi connectivity index (χ0n) is 18.8. The van der Waals surface area contributed by atoms with Crippen molar-refractivity contribution in [3.05, 3.63) is 65.2 Å². The maximum absolute atomic E-state index is 4.49. The first-order valence-electron chi connectivity index (χ1n) is 11.1. The van der Waals surface area contributed by atoms with E-state index in [0.717, 1.165) is 24.7 Å². The molecule has 1 aliphatic carbocycles. The predicted molar refractivity (Wildman–Crippen MR) is 125 cm³/mol.